The molecule has 3 amide bonds. The second-order valence-electron chi connectivity index (χ2n) is 6.43. The number of carbonyl (C=O) groups is 3. The third kappa shape index (κ3) is 6.57. The predicted molar refractivity (Wildman–Crippen MR) is 77.9 cm³/mol. The fourth-order valence-corrected chi connectivity index (χ4v) is 2.36. The molecule has 0 aromatic rings. The van der Waals surface area contributed by atoms with Crippen LogP contribution in [0, 0.1) is 0 Å². The Kier molecular flexibility index (Phi) is 6.14. The Bertz CT molecular complexity index is 404. The molecule has 0 aromatic heterocycles. The Balaban J connectivity index is 2.55. The second kappa shape index (κ2) is 7.40. The first-order valence-corrected chi connectivity index (χ1v) is 7.28. The number of likely N-dealkylation sites (tertiary alicyclic amines) is 1. The number of hydrogen-bond acceptors (Lipinski definition) is 4. The number of nitrogens with one attached hydrogen (secondary N) is 2. The summed E-state index contributed by atoms with van der Waals surface area (Å²) in [5.41, 5.74) is -0.434. The maximum Gasteiger partial charge on any atom is 0.321 e. The number of rotatable bonds is 3. The first-order chi connectivity index (χ1) is 9.69. The first kappa shape index (κ1) is 17.4. The van der Waals surface area contributed by atoms with E-state index < -0.39 is 29.5 Å². The largest absolute Gasteiger partial charge is 0.480 e. The van der Waals surface area contributed by atoms with Gasteiger partial charge in [0.2, 0.25) is 5.91 Å². The van der Waals surface area contributed by atoms with Gasteiger partial charge in [0.25, 0.3) is 0 Å². The van der Waals surface area contributed by atoms with Crippen LogP contribution in [-0.2, 0) is 9.59 Å². The van der Waals surface area contributed by atoms with Gasteiger partial charge in [-0.15, -0.1) is 0 Å². The molecule has 1 aliphatic rings. The maximum absolute atomic E-state index is 11.9. The fourth-order valence-electron chi connectivity index (χ4n) is 2.36. The summed E-state index contributed by atoms with van der Waals surface area (Å²) < 4.78 is 0. The molecule has 1 aliphatic heterocycles. The summed E-state index contributed by atoms with van der Waals surface area (Å²) in [7, 11) is 0. The number of amides is 3. The van der Waals surface area contributed by atoms with Crippen molar-refractivity contribution in [2.75, 3.05) is 13.1 Å². The molecule has 1 rings (SSSR count). The lowest BCUT2D eigenvalue weighted by molar-refractivity contribution is -0.143. The van der Waals surface area contributed by atoms with Crippen LogP contribution in [0.3, 0.4) is 0 Å². The average Bonchev–Trinajstić information content (AvgIpc) is 2.51. The highest BCUT2D eigenvalue weighted by Gasteiger charge is 2.29. The van der Waals surface area contributed by atoms with E-state index in [0.717, 1.165) is 19.3 Å². The fraction of sp³-hybridized carbons (Fsp3) is 0.786. The van der Waals surface area contributed by atoms with Crippen molar-refractivity contribution < 1.29 is 19.5 Å². The van der Waals surface area contributed by atoms with Gasteiger partial charge in [0, 0.05) is 5.54 Å². The highest BCUT2D eigenvalue weighted by Crippen LogP contribution is 2.16. The molecule has 0 saturated carbocycles. The van der Waals surface area contributed by atoms with Crippen LogP contribution < -0.4 is 10.6 Å². The minimum Gasteiger partial charge on any atom is -0.480 e. The molecule has 0 spiro atoms. The predicted octanol–water partition coefficient (Wildman–Crippen LogP) is 0.940. The summed E-state index contributed by atoms with van der Waals surface area (Å²) in [6.07, 6.45) is 3.22. The summed E-state index contributed by atoms with van der Waals surface area (Å²) in [5, 5.41) is 14.1. The van der Waals surface area contributed by atoms with Gasteiger partial charge in [-0.2, -0.15) is 0 Å². The third-order valence-electron chi connectivity index (χ3n) is 3.24. The van der Waals surface area contributed by atoms with Crippen LogP contribution in [0.15, 0.2) is 0 Å². The monoisotopic (exact) mass is 299 g/mol. The van der Waals surface area contributed by atoms with Crippen molar-refractivity contribution >= 4 is 17.9 Å². The number of imide groups is 1. The first-order valence-electron chi connectivity index (χ1n) is 7.28. The smallest absolute Gasteiger partial charge is 0.321 e. The van der Waals surface area contributed by atoms with Crippen LogP contribution in [0.2, 0.25) is 0 Å². The van der Waals surface area contributed by atoms with Crippen LogP contribution in [0.4, 0.5) is 4.79 Å². The molecule has 0 radical (unpaired) electrons. The zero-order valence-corrected chi connectivity index (χ0v) is 12.9. The van der Waals surface area contributed by atoms with Crippen LogP contribution in [-0.4, -0.2) is 52.6 Å². The van der Waals surface area contributed by atoms with E-state index in [1.165, 1.54) is 0 Å². The van der Waals surface area contributed by atoms with E-state index in [2.05, 4.69) is 10.6 Å². The molecule has 1 fully saturated rings. The van der Waals surface area contributed by atoms with Crippen molar-refractivity contribution in [2.24, 2.45) is 0 Å². The van der Waals surface area contributed by atoms with Crippen LogP contribution in [0.25, 0.3) is 0 Å². The number of nitrogens with zero attached hydrogens (tertiary/aromatic N) is 1. The van der Waals surface area contributed by atoms with Gasteiger partial charge in [-0.3, -0.25) is 19.8 Å². The minimum atomic E-state index is -0.913. The molecule has 0 bridgehead atoms. The van der Waals surface area contributed by atoms with E-state index >= 15 is 0 Å². The SMILES string of the molecule is CC(C)(C)NC(=O)NC(=O)CN1CCCCCC1C(=O)O. The second-order valence-corrected chi connectivity index (χ2v) is 6.43. The Morgan fingerprint density at radius 2 is 1.86 bits per heavy atom. The van der Waals surface area contributed by atoms with E-state index in [4.69, 9.17) is 0 Å². The number of carboxylic acids is 1. The van der Waals surface area contributed by atoms with Crippen molar-refractivity contribution in [1.82, 2.24) is 15.5 Å². The quantitative estimate of drug-likeness (QED) is 0.720. The van der Waals surface area contributed by atoms with E-state index in [9.17, 15) is 19.5 Å². The summed E-state index contributed by atoms with van der Waals surface area (Å²) in [5.74, 6) is -1.39. The van der Waals surface area contributed by atoms with Crippen LogP contribution >= 0.6 is 0 Å². The number of hydrogen-bond donors (Lipinski definition) is 3. The van der Waals surface area contributed by atoms with Crippen molar-refractivity contribution in [3.63, 3.8) is 0 Å². The molecular weight excluding hydrogens is 274 g/mol. The Hall–Kier alpha value is -1.63. The number of carboxylic acid groups (broad SMARTS) is 1. The lowest BCUT2D eigenvalue weighted by Crippen LogP contribution is -2.52. The molecule has 0 aliphatic carbocycles. The van der Waals surface area contributed by atoms with Crippen LogP contribution in [0.1, 0.15) is 46.5 Å². The Labute approximate surface area is 125 Å². The molecule has 7 nitrogen and oxygen atoms in total. The molecule has 1 heterocycles. The molecular formula is C14H25N3O4. The van der Waals surface area contributed by atoms with Crippen LogP contribution in [0.5, 0.6) is 0 Å². The lowest BCUT2D eigenvalue weighted by atomic mass is 10.1. The van der Waals surface area contributed by atoms with E-state index in [1.807, 2.05) is 20.8 Å². The topological polar surface area (TPSA) is 98.7 Å². The van der Waals surface area contributed by atoms with Gasteiger partial charge >= 0.3 is 12.0 Å². The normalized spacial score (nSPS) is 20.4. The van der Waals surface area contributed by atoms with Gasteiger partial charge in [-0.05, 0) is 40.2 Å². The summed E-state index contributed by atoms with van der Waals surface area (Å²) >= 11 is 0. The van der Waals surface area contributed by atoms with E-state index in [1.54, 1.807) is 4.90 Å². The van der Waals surface area contributed by atoms with E-state index in [0.29, 0.717) is 13.0 Å². The maximum atomic E-state index is 11.9. The van der Waals surface area contributed by atoms with Gasteiger partial charge in [0.05, 0.1) is 6.54 Å². The highest BCUT2D eigenvalue weighted by molar-refractivity contribution is 5.95. The zero-order valence-electron chi connectivity index (χ0n) is 12.9. The molecule has 1 saturated heterocycles. The van der Waals surface area contributed by atoms with Gasteiger partial charge in [0.1, 0.15) is 6.04 Å². The lowest BCUT2D eigenvalue weighted by Gasteiger charge is -2.26. The number of aliphatic carboxylic acids is 1. The van der Waals surface area contributed by atoms with Crippen molar-refractivity contribution in [2.45, 2.75) is 58.0 Å². The number of urea groups is 1. The van der Waals surface area contributed by atoms with Gasteiger partial charge < -0.3 is 10.4 Å². The third-order valence-corrected chi connectivity index (χ3v) is 3.24. The van der Waals surface area contributed by atoms with Gasteiger partial charge in [0.15, 0.2) is 0 Å². The van der Waals surface area contributed by atoms with Gasteiger partial charge in [-0.25, -0.2) is 4.79 Å². The molecule has 21 heavy (non-hydrogen) atoms. The molecule has 7 heteroatoms. The van der Waals surface area contributed by atoms with Crippen molar-refractivity contribution in [3.8, 4) is 0 Å². The Morgan fingerprint density at radius 1 is 1.19 bits per heavy atom. The summed E-state index contributed by atoms with van der Waals surface area (Å²) in [6, 6.07) is -1.21. The summed E-state index contributed by atoms with van der Waals surface area (Å²) in [6.45, 7) is 5.92. The standard InChI is InChI=1S/C14H25N3O4/c1-14(2,3)16-13(21)15-11(18)9-17-8-6-4-5-7-10(17)12(19)20/h10H,4-9H2,1-3H3,(H,19,20)(H2,15,16,18,21). The highest BCUT2D eigenvalue weighted by atomic mass is 16.4. The van der Waals surface area contributed by atoms with Crippen molar-refractivity contribution in [1.29, 1.82) is 0 Å². The van der Waals surface area contributed by atoms with Crippen molar-refractivity contribution in [3.05, 3.63) is 0 Å². The van der Waals surface area contributed by atoms with Gasteiger partial charge in [-0.1, -0.05) is 12.8 Å². The zero-order chi connectivity index (χ0) is 16.0. The molecule has 1 atom stereocenters. The van der Waals surface area contributed by atoms with E-state index in [-0.39, 0.29) is 6.54 Å². The molecule has 1 unspecified atom stereocenters. The Morgan fingerprint density at radius 3 is 2.43 bits per heavy atom. The molecule has 120 valence electrons. The average molecular weight is 299 g/mol. The molecule has 0 aromatic carbocycles. The number of carbonyl (C=O) groups excluding carboxylic acids is 2. The minimum absolute atomic E-state index is 0.0749. The molecule has 3 N–H and O–H groups in total. The summed E-state index contributed by atoms with van der Waals surface area (Å²) in [4.78, 5) is 36.4.